The Balaban J connectivity index is 1.79. The maximum atomic E-state index is 4.37. The summed E-state index contributed by atoms with van der Waals surface area (Å²) in [7, 11) is 2.07. The van der Waals surface area contributed by atoms with E-state index in [9.17, 15) is 0 Å². The van der Waals surface area contributed by atoms with Crippen molar-refractivity contribution in [2.75, 3.05) is 6.54 Å². The van der Waals surface area contributed by atoms with E-state index in [0.717, 1.165) is 23.0 Å². The Bertz CT molecular complexity index is 324. The molecule has 2 rings (SSSR count). The first-order valence-electron chi connectivity index (χ1n) is 6.17. The molecule has 2 atom stereocenters. The highest BCUT2D eigenvalue weighted by molar-refractivity contribution is 7.99. The molecule has 0 amide bonds. The quantitative estimate of drug-likeness (QED) is 0.856. The molecule has 4 heteroatoms. The number of hydrogen-bond donors (Lipinski definition) is 1. The second-order valence-corrected chi connectivity index (χ2v) is 5.79. The van der Waals surface area contributed by atoms with Gasteiger partial charge in [-0.25, -0.2) is 4.98 Å². The van der Waals surface area contributed by atoms with Crippen LogP contribution >= 0.6 is 11.8 Å². The molecule has 90 valence electrons. The van der Waals surface area contributed by atoms with Gasteiger partial charge in [0, 0.05) is 30.7 Å². The number of thioether (sulfide) groups is 1. The number of hydrogen-bond acceptors (Lipinski definition) is 3. The van der Waals surface area contributed by atoms with Gasteiger partial charge in [-0.2, -0.15) is 0 Å². The minimum absolute atomic E-state index is 0.734. The molecule has 1 saturated carbocycles. The third-order valence-electron chi connectivity index (χ3n) is 3.12. The number of imidazole rings is 1. The molecule has 0 radical (unpaired) electrons. The van der Waals surface area contributed by atoms with Crippen LogP contribution in [0.15, 0.2) is 17.6 Å². The van der Waals surface area contributed by atoms with Crippen LogP contribution in [0.2, 0.25) is 0 Å². The summed E-state index contributed by atoms with van der Waals surface area (Å²) < 4.78 is 2.11. The van der Waals surface area contributed by atoms with Crippen LogP contribution < -0.4 is 5.32 Å². The van der Waals surface area contributed by atoms with Gasteiger partial charge in [0.15, 0.2) is 5.16 Å². The van der Waals surface area contributed by atoms with Gasteiger partial charge >= 0.3 is 0 Å². The summed E-state index contributed by atoms with van der Waals surface area (Å²) in [5, 5.41) is 5.51. The van der Waals surface area contributed by atoms with Crippen LogP contribution in [0, 0.1) is 0 Å². The SMILES string of the molecule is CCCNC1CCC(Sc2nccn2C)C1. The highest BCUT2D eigenvalue weighted by Crippen LogP contribution is 2.33. The van der Waals surface area contributed by atoms with Gasteiger partial charge in [0.2, 0.25) is 0 Å². The molecular weight excluding hydrogens is 218 g/mol. The zero-order valence-corrected chi connectivity index (χ0v) is 11.0. The zero-order valence-electron chi connectivity index (χ0n) is 10.1. The Morgan fingerprint density at radius 3 is 3.12 bits per heavy atom. The molecule has 2 unspecified atom stereocenters. The Morgan fingerprint density at radius 1 is 1.56 bits per heavy atom. The second-order valence-electron chi connectivity index (χ2n) is 4.52. The molecule has 1 aromatic heterocycles. The van der Waals surface area contributed by atoms with E-state index >= 15 is 0 Å². The normalized spacial score (nSPS) is 25.1. The van der Waals surface area contributed by atoms with E-state index in [2.05, 4.69) is 28.8 Å². The maximum absolute atomic E-state index is 4.37. The molecule has 0 aliphatic heterocycles. The van der Waals surface area contributed by atoms with Gasteiger partial charge in [-0.05, 0) is 32.2 Å². The predicted molar refractivity (Wildman–Crippen MR) is 68.8 cm³/mol. The van der Waals surface area contributed by atoms with Crippen molar-refractivity contribution in [3.63, 3.8) is 0 Å². The van der Waals surface area contributed by atoms with Crippen molar-refractivity contribution < 1.29 is 0 Å². The highest BCUT2D eigenvalue weighted by Gasteiger charge is 2.25. The lowest BCUT2D eigenvalue weighted by molar-refractivity contribution is 0.524. The molecule has 1 aromatic rings. The first kappa shape index (κ1) is 12.0. The standard InChI is InChI=1S/C12H21N3S/c1-3-6-13-10-4-5-11(9-10)16-12-14-7-8-15(12)2/h7-8,10-11,13H,3-6,9H2,1-2H3. The minimum atomic E-state index is 0.734. The molecule has 3 nitrogen and oxygen atoms in total. The molecule has 1 aliphatic rings. The summed E-state index contributed by atoms with van der Waals surface area (Å²) in [6.45, 7) is 3.38. The van der Waals surface area contributed by atoms with Crippen LogP contribution in [0.1, 0.15) is 32.6 Å². The fourth-order valence-corrected chi connectivity index (χ4v) is 3.43. The van der Waals surface area contributed by atoms with Gasteiger partial charge < -0.3 is 9.88 Å². The molecular formula is C12H21N3S. The van der Waals surface area contributed by atoms with Gasteiger partial charge in [-0.15, -0.1) is 0 Å². The summed E-state index contributed by atoms with van der Waals surface area (Å²) in [5.74, 6) is 0. The summed E-state index contributed by atoms with van der Waals surface area (Å²) in [4.78, 5) is 4.37. The van der Waals surface area contributed by atoms with E-state index in [1.807, 2.05) is 24.2 Å². The number of aromatic nitrogens is 2. The van der Waals surface area contributed by atoms with Crippen molar-refractivity contribution in [2.45, 2.75) is 49.1 Å². The van der Waals surface area contributed by atoms with Crippen LogP contribution in [-0.4, -0.2) is 27.4 Å². The lowest BCUT2D eigenvalue weighted by Gasteiger charge is -2.12. The van der Waals surface area contributed by atoms with E-state index in [1.54, 1.807) is 0 Å². The van der Waals surface area contributed by atoms with Gasteiger partial charge in [0.25, 0.3) is 0 Å². The fraction of sp³-hybridized carbons (Fsp3) is 0.750. The molecule has 0 bridgehead atoms. The van der Waals surface area contributed by atoms with Crippen molar-refractivity contribution in [2.24, 2.45) is 7.05 Å². The topological polar surface area (TPSA) is 29.9 Å². The van der Waals surface area contributed by atoms with Gasteiger partial charge in [-0.1, -0.05) is 18.7 Å². The van der Waals surface area contributed by atoms with Crippen LogP contribution in [0.25, 0.3) is 0 Å². The third-order valence-corrected chi connectivity index (χ3v) is 4.48. The second kappa shape index (κ2) is 5.73. The summed E-state index contributed by atoms with van der Waals surface area (Å²) >= 11 is 1.93. The lowest BCUT2D eigenvalue weighted by Crippen LogP contribution is -2.27. The molecule has 1 heterocycles. The van der Waals surface area contributed by atoms with Crippen LogP contribution in [0.3, 0.4) is 0 Å². The summed E-state index contributed by atoms with van der Waals surface area (Å²) in [5.41, 5.74) is 0. The van der Waals surface area contributed by atoms with Crippen LogP contribution in [0.4, 0.5) is 0 Å². The van der Waals surface area contributed by atoms with Gasteiger partial charge in [0.1, 0.15) is 0 Å². The van der Waals surface area contributed by atoms with Crippen molar-refractivity contribution in [1.82, 2.24) is 14.9 Å². The number of nitrogens with zero attached hydrogens (tertiary/aromatic N) is 2. The van der Waals surface area contributed by atoms with E-state index in [0.29, 0.717) is 0 Å². The summed E-state index contributed by atoms with van der Waals surface area (Å²) in [6.07, 6.45) is 9.06. The molecule has 1 aliphatic carbocycles. The van der Waals surface area contributed by atoms with Gasteiger partial charge in [0.05, 0.1) is 0 Å². The van der Waals surface area contributed by atoms with E-state index in [-0.39, 0.29) is 0 Å². The average molecular weight is 239 g/mol. The number of nitrogens with one attached hydrogen (secondary N) is 1. The summed E-state index contributed by atoms with van der Waals surface area (Å²) in [6, 6.07) is 0.734. The van der Waals surface area contributed by atoms with Crippen LogP contribution in [-0.2, 0) is 7.05 Å². The fourth-order valence-electron chi connectivity index (χ4n) is 2.20. The predicted octanol–water partition coefficient (Wildman–Crippen LogP) is 2.43. The molecule has 16 heavy (non-hydrogen) atoms. The Hall–Kier alpha value is -0.480. The van der Waals surface area contributed by atoms with Crippen molar-refractivity contribution in [3.05, 3.63) is 12.4 Å². The lowest BCUT2D eigenvalue weighted by atomic mass is 10.2. The van der Waals surface area contributed by atoms with Crippen molar-refractivity contribution >= 4 is 11.8 Å². The molecule has 1 fully saturated rings. The smallest absolute Gasteiger partial charge is 0.167 e. The zero-order chi connectivity index (χ0) is 11.4. The Labute approximate surface area is 102 Å². The van der Waals surface area contributed by atoms with E-state index in [4.69, 9.17) is 0 Å². The number of rotatable bonds is 5. The third kappa shape index (κ3) is 3.01. The first-order chi connectivity index (χ1) is 7.79. The largest absolute Gasteiger partial charge is 0.329 e. The number of aryl methyl sites for hydroxylation is 1. The maximum Gasteiger partial charge on any atom is 0.167 e. The van der Waals surface area contributed by atoms with Crippen molar-refractivity contribution in [1.29, 1.82) is 0 Å². The Morgan fingerprint density at radius 2 is 2.44 bits per heavy atom. The minimum Gasteiger partial charge on any atom is -0.329 e. The molecule has 0 aromatic carbocycles. The highest BCUT2D eigenvalue weighted by atomic mass is 32.2. The van der Waals surface area contributed by atoms with E-state index in [1.165, 1.54) is 25.7 Å². The molecule has 0 saturated heterocycles. The van der Waals surface area contributed by atoms with Gasteiger partial charge in [-0.3, -0.25) is 0 Å². The van der Waals surface area contributed by atoms with Crippen LogP contribution in [0.5, 0.6) is 0 Å². The van der Waals surface area contributed by atoms with E-state index < -0.39 is 0 Å². The monoisotopic (exact) mass is 239 g/mol. The molecule has 1 N–H and O–H groups in total. The van der Waals surface area contributed by atoms with Crippen molar-refractivity contribution in [3.8, 4) is 0 Å². The Kier molecular flexibility index (Phi) is 4.29. The molecule has 0 spiro atoms. The average Bonchev–Trinajstić information content (AvgIpc) is 2.87. The first-order valence-corrected chi connectivity index (χ1v) is 7.05.